The van der Waals surface area contributed by atoms with Crippen LogP contribution in [-0.2, 0) is 0 Å². The lowest BCUT2D eigenvalue weighted by atomic mass is 10.1. The SMILES string of the molecule is NC1CCN(c2cc(-c3ccc(Cl)cc3)nc(-c3cccnc3)n2)CC1. The van der Waals surface area contributed by atoms with Crippen molar-refractivity contribution >= 4 is 17.4 Å². The zero-order valence-electron chi connectivity index (χ0n) is 14.3. The zero-order chi connectivity index (χ0) is 17.9. The number of piperidine rings is 1. The van der Waals surface area contributed by atoms with Gasteiger partial charge in [-0.2, -0.15) is 0 Å². The van der Waals surface area contributed by atoms with E-state index in [-0.39, 0.29) is 6.04 Å². The summed E-state index contributed by atoms with van der Waals surface area (Å²) in [6.07, 6.45) is 5.49. The van der Waals surface area contributed by atoms with E-state index in [4.69, 9.17) is 27.3 Å². The molecule has 1 saturated heterocycles. The second kappa shape index (κ2) is 7.40. The molecule has 0 saturated carbocycles. The Morgan fingerprint density at radius 2 is 1.77 bits per heavy atom. The van der Waals surface area contributed by atoms with E-state index in [0.29, 0.717) is 10.8 Å². The highest BCUT2D eigenvalue weighted by molar-refractivity contribution is 6.30. The van der Waals surface area contributed by atoms with Crippen molar-refractivity contribution in [3.8, 4) is 22.6 Å². The number of hydrogen-bond acceptors (Lipinski definition) is 5. The normalized spacial score (nSPS) is 15.2. The molecule has 2 N–H and O–H groups in total. The van der Waals surface area contributed by atoms with Crippen LogP contribution in [0.5, 0.6) is 0 Å². The number of nitrogens with zero attached hydrogens (tertiary/aromatic N) is 4. The molecular formula is C20H20ClN5. The number of halogens is 1. The van der Waals surface area contributed by atoms with Crippen LogP contribution in [0.4, 0.5) is 5.82 Å². The third kappa shape index (κ3) is 3.69. The second-order valence-corrected chi connectivity index (χ2v) is 6.94. The molecule has 1 fully saturated rings. The molecule has 0 bridgehead atoms. The Morgan fingerprint density at radius 3 is 2.46 bits per heavy atom. The molecule has 4 rings (SSSR count). The quantitative estimate of drug-likeness (QED) is 0.764. The molecule has 6 heteroatoms. The van der Waals surface area contributed by atoms with Gasteiger partial charge in [-0.15, -0.1) is 0 Å². The van der Waals surface area contributed by atoms with Gasteiger partial charge in [-0.1, -0.05) is 23.7 Å². The molecule has 0 radical (unpaired) electrons. The van der Waals surface area contributed by atoms with Crippen LogP contribution >= 0.6 is 11.6 Å². The van der Waals surface area contributed by atoms with E-state index >= 15 is 0 Å². The molecule has 26 heavy (non-hydrogen) atoms. The van der Waals surface area contributed by atoms with E-state index in [2.05, 4.69) is 9.88 Å². The van der Waals surface area contributed by atoms with Gasteiger partial charge in [0.05, 0.1) is 5.69 Å². The number of benzene rings is 1. The average Bonchev–Trinajstić information content (AvgIpc) is 2.69. The Balaban J connectivity index is 1.78. The van der Waals surface area contributed by atoms with E-state index in [0.717, 1.165) is 48.6 Å². The molecule has 0 aliphatic carbocycles. The van der Waals surface area contributed by atoms with Crippen LogP contribution < -0.4 is 10.6 Å². The minimum absolute atomic E-state index is 0.279. The van der Waals surface area contributed by atoms with Gasteiger partial charge in [-0.3, -0.25) is 4.98 Å². The number of nitrogens with two attached hydrogens (primary N) is 1. The predicted octanol–water partition coefficient (Wildman–Crippen LogP) is 3.79. The van der Waals surface area contributed by atoms with E-state index in [1.54, 1.807) is 12.4 Å². The minimum Gasteiger partial charge on any atom is -0.356 e. The van der Waals surface area contributed by atoms with Crippen LogP contribution in [0.3, 0.4) is 0 Å². The maximum absolute atomic E-state index is 6.05. The first-order valence-corrected chi connectivity index (χ1v) is 9.13. The molecule has 5 nitrogen and oxygen atoms in total. The first-order valence-electron chi connectivity index (χ1n) is 8.75. The van der Waals surface area contributed by atoms with E-state index < -0.39 is 0 Å². The molecule has 1 aliphatic rings. The lowest BCUT2D eigenvalue weighted by Gasteiger charge is -2.31. The van der Waals surface area contributed by atoms with Gasteiger partial charge in [0.2, 0.25) is 0 Å². The predicted molar refractivity (Wildman–Crippen MR) is 105 cm³/mol. The van der Waals surface area contributed by atoms with Crippen LogP contribution in [0.1, 0.15) is 12.8 Å². The van der Waals surface area contributed by atoms with Crippen LogP contribution in [0.15, 0.2) is 54.9 Å². The third-order valence-corrected chi connectivity index (χ3v) is 4.89. The zero-order valence-corrected chi connectivity index (χ0v) is 15.1. The van der Waals surface area contributed by atoms with Crippen molar-refractivity contribution in [2.45, 2.75) is 18.9 Å². The van der Waals surface area contributed by atoms with Crippen LogP contribution in [0.25, 0.3) is 22.6 Å². The summed E-state index contributed by atoms with van der Waals surface area (Å²) in [5.41, 5.74) is 8.84. The molecule has 1 aliphatic heterocycles. The van der Waals surface area contributed by atoms with Gasteiger partial charge < -0.3 is 10.6 Å². The monoisotopic (exact) mass is 365 g/mol. The summed E-state index contributed by atoms with van der Waals surface area (Å²) >= 11 is 6.03. The Labute approximate surface area is 157 Å². The van der Waals surface area contributed by atoms with Gasteiger partial charge in [-0.05, 0) is 37.1 Å². The molecule has 3 aromatic rings. The molecule has 0 spiro atoms. The van der Waals surface area contributed by atoms with Gasteiger partial charge in [0, 0.05) is 53.7 Å². The Hall–Kier alpha value is -2.50. The lowest BCUT2D eigenvalue weighted by Crippen LogP contribution is -2.40. The van der Waals surface area contributed by atoms with Gasteiger partial charge in [0.1, 0.15) is 5.82 Å². The van der Waals surface area contributed by atoms with E-state index in [9.17, 15) is 0 Å². The fraction of sp³-hybridized carbons (Fsp3) is 0.250. The summed E-state index contributed by atoms with van der Waals surface area (Å²) in [6.45, 7) is 1.81. The topological polar surface area (TPSA) is 67.9 Å². The first-order chi connectivity index (χ1) is 12.7. The summed E-state index contributed by atoms with van der Waals surface area (Å²) < 4.78 is 0. The molecule has 132 valence electrons. The molecule has 0 unspecified atom stereocenters. The smallest absolute Gasteiger partial charge is 0.163 e. The Kier molecular flexibility index (Phi) is 4.82. The van der Waals surface area contributed by atoms with Crippen molar-refractivity contribution in [2.75, 3.05) is 18.0 Å². The number of aromatic nitrogens is 3. The van der Waals surface area contributed by atoms with Crippen molar-refractivity contribution in [2.24, 2.45) is 5.73 Å². The molecule has 1 aromatic carbocycles. The fourth-order valence-corrected chi connectivity index (χ4v) is 3.24. The van der Waals surface area contributed by atoms with Crippen molar-refractivity contribution in [1.82, 2.24) is 15.0 Å². The summed E-state index contributed by atoms with van der Waals surface area (Å²) in [5, 5.41) is 0.709. The van der Waals surface area contributed by atoms with Crippen molar-refractivity contribution < 1.29 is 0 Å². The summed E-state index contributed by atoms with van der Waals surface area (Å²) in [6, 6.07) is 13.9. The average molecular weight is 366 g/mol. The molecule has 2 aromatic heterocycles. The number of pyridine rings is 1. The highest BCUT2D eigenvalue weighted by Crippen LogP contribution is 2.28. The van der Waals surface area contributed by atoms with Crippen LogP contribution in [-0.4, -0.2) is 34.1 Å². The number of anilines is 1. The molecule has 3 heterocycles. The van der Waals surface area contributed by atoms with Gasteiger partial charge >= 0.3 is 0 Å². The maximum atomic E-state index is 6.05. The van der Waals surface area contributed by atoms with Crippen LogP contribution in [0.2, 0.25) is 5.02 Å². The number of rotatable bonds is 3. The molecule has 0 atom stereocenters. The number of hydrogen-bond donors (Lipinski definition) is 1. The standard InChI is InChI=1S/C20H20ClN5/c21-16-5-3-14(4-6-16)18-12-19(26-10-7-17(22)8-11-26)25-20(24-18)15-2-1-9-23-13-15/h1-6,9,12-13,17H,7-8,10-11,22H2. The fourth-order valence-electron chi connectivity index (χ4n) is 3.12. The highest BCUT2D eigenvalue weighted by atomic mass is 35.5. The van der Waals surface area contributed by atoms with Crippen molar-refractivity contribution in [3.63, 3.8) is 0 Å². The maximum Gasteiger partial charge on any atom is 0.163 e. The van der Waals surface area contributed by atoms with E-state index in [1.165, 1.54) is 0 Å². The van der Waals surface area contributed by atoms with Gasteiger partial charge in [-0.25, -0.2) is 9.97 Å². The van der Waals surface area contributed by atoms with E-state index in [1.807, 2.05) is 42.5 Å². The Morgan fingerprint density at radius 1 is 1.00 bits per heavy atom. The molecular weight excluding hydrogens is 346 g/mol. The second-order valence-electron chi connectivity index (χ2n) is 6.51. The van der Waals surface area contributed by atoms with Crippen molar-refractivity contribution in [3.05, 3.63) is 59.9 Å². The minimum atomic E-state index is 0.279. The summed E-state index contributed by atoms with van der Waals surface area (Å²) in [7, 11) is 0. The van der Waals surface area contributed by atoms with Crippen LogP contribution in [0, 0.1) is 0 Å². The molecule has 0 amide bonds. The highest BCUT2D eigenvalue weighted by Gasteiger charge is 2.19. The van der Waals surface area contributed by atoms with Gasteiger partial charge in [0.15, 0.2) is 5.82 Å². The summed E-state index contributed by atoms with van der Waals surface area (Å²) in [4.78, 5) is 16.1. The lowest BCUT2D eigenvalue weighted by molar-refractivity contribution is 0.498. The summed E-state index contributed by atoms with van der Waals surface area (Å²) in [5.74, 6) is 1.60. The van der Waals surface area contributed by atoms with Gasteiger partial charge in [0.25, 0.3) is 0 Å². The third-order valence-electron chi connectivity index (χ3n) is 4.64. The first kappa shape index (κ1) is 16.9. The largest absolute Gasteiger partial charge is 0.356 e. The Bertz CT molecular complexity index is 874. The van der Waals surface area contributed by atoms with Crippen molar-refractivity contribution in [1.29, 1.82) is 0 Å².